The lowest BCUT2D eigenvalue weighted by molar-refractivity contribution is -0.116. The number of halogens is 1. The van der Waals surface area contributed by atoms with E-state index in [1.54, 1.807) is 13.3 Å². The summed E-state index contributed by atoms with van der Waals surface area (Å²) in [4.78, 5) is 12.1. The zero-order valence-corrected chi connectivity index (χ0v) is 13.6. The highest BCUT2D eigenvalue weighted by molar-refractivity contribution is 9.10. The summed E-state index contributed by atoms with van der Waals surface area (Å²) in [5, 5.41) is 6.04. The van der Waals surface area contributed by atoms with Crippen LogP contribution in [0.15, 0.2) is 53.1 Å². The monoisotopic (exact) mass is 358 g/mol. The van der Waals surface area contributed by atoms with Gasteiger partial charge in [-0.05, 0) is 47.5 Å². The highest BCUT2D eigenvalue weighted by atomic mass is 79.9. The molecular formula is C17H15BrN2O2. The smallest absolute Gasteiger partial charge is 0.253 e. The maximum atomic E-state index is 12.1. The number of anilines is 1. The molecule has 0 fully saturated rings. The number of hydrogen-bond acceptors (Lipinski definition) is 3. The molecule has 1 amide bonds. The molecule has 5 heteroatoms. The van der Waals surface area contributed by atoms with Crippen molar-refractivity contribution in [2.24, 2.45) is 0 Å². The molecule has 0 unspecified atom stereocenters. The lowest BCUT2D eigenvalue weighted by atomic mass is 9.96. The van der Waals surface area contributed by atoms with Crippen LogP contribution in [-0.4, -0.2) is 13.0 Å². The zero-order chi connectivity index (χ0) is 15.5. The molecule has 22 heavy (non-hydrogen) atoms. The quantitative estimate of drug-likeness (QED) is 0.825. The molecule has 0 aromatic heterocycles. The molecule has 4 nitrogen and oxygen atoms in total. The first-order valence-electron chi connectivity index (χ1n) is 6.85. The summed E-state index contributed by atoms with van der Waals surface area (Å²) >= 11 is 3.46. The number of fused-ring (bicyclic) bond motifs is 1. The van der Waals surface area contributed by atoms with E-state index in [0.29, 0.717) is 12.1 Å². The number of ether oxygens (including phenoxy) is 1. The van der Waals surface area contributed by atoms with Crippen molar-refractivity contribution in [3.63, 3.8) is 0 Å². The Morgan fingerprint density at radius 2 is 2.00 bits per heavy atom. The summed E-state index contributed by atoms with van der Waals surface area (Å²) in [5.41, 5.74) is 3.56. The fourth-order valence-electron chi connectivity index (χ4n) is 2.33. The summed E-state index contributed by atoms with van der Waals surface area (Å²) in [6.45, 7) is 0.557. The van der Waals surface area contributed by atoms with Gasteiger partial charge in [0, 0.05) is 22.9 Å². The van der Waals surface area contributed by atoms with E-state index >= 15 is 0 Å². The second kappa shape index (κ2) is 6.23. The highest BCUT2D eigenvalue weighted by Crippen LogP contribution is 2.27. The Morgan fingerprint density at radius 3 is 2.73 bits per heavy atom. The maximum Gasteiger partial charge on any atom is 0.253 e. The number of benzene rings is 2. The van der Waals surface area contributed by atoms with Crippen LogP contribution >= 0.6 is 15.9 Å². The van der Waals surface area contributed by atoms with Crippen LogP contribution in [0.3, 0.4) is 0 Å². The van der Waals surface area contributed by atoms with Crippen molar-refractivity contribution in [2.45, 2.75) is 6.54 Å². The Labute approximate surface area is 137 Å². The van der Waals surface area contributed by atoms with E-state index in [2.05, 4.69) is 26.6 Å². The van der Waals surface area contributed by atoms with E-state index in [4.69, 9.17) is 4.74 Å². The standard InChI is InChI=1S/C17H15BrN2O2/c1-22-14-6-4-13(5-7-14)19-10-16-15-8-12(18)3-2-11(15)9-20-17(16)21/h2-8,10,19H,9H2,1H3,(H,20,21)/b16-10-. The Hall–Kier alpha value is -2.27. The molecule has 0 bridgehead atoms. The molecule has 2 aromatic carbocycles. The maximum absolute atomic E-state index is 12.1. The van der Waals surface area contributed by atoms with E-state index in [-0.39, 0.29) is 5.91 Å². The lowest BCUT2D eigenvalue weighted by Gasteiger charge is -2.20. The van der Waals surface area contributed by atoms with Gasteiger partial charge in [-0.25, -0.2) is 0 Å². The summed E-state index contributed by atoms with van der Waals surface area (Å²) < 4.78 is 6.08. The Morgan fingerprint density at radius 1 is 1.23 bits per heavy atom. The van der Waals surface area contributed by atoms with Gasteiger partial charge in [-0.1, -0.05) is 22.0 Å². The molecular weight excluding hydrogens is 344 g/mol. The minimum Gasteiger partial charge on any atom is -0.497 e. The summed E-state index contributed by atoms with van der Waals surface area (Å²) in [6.07, 6.45) is 1.74. The van der Waals surface area contributed by atoms with Crippen molar-refractivity contribution < 1.29 is 9.53 Å². The van der Waals surface area contributed by atoms with Gasteiger partial charge in [-0.15, -0.1) is 0 Å². The van der Waals surface area contributed by atoms with Gasteiger partial charge in [0.1, 0.15) is 5.75 Å². The van der Waals surface area contributed by atoms with Crippen LogP contribution < -0.4 is 15.4 Å². The average Bonchev–Trinajstić information content (AvgIpc) is 2.54. The fourth-order valence-corrected chi connectivity index (χ4v) is 2.69. The van der Waals surface area contributed by atoms with E-state index < -0.39 is 0 Å². The van der Waals surface area contributed by atoms with Crippen LogP contribution in [0.1, 0.15) is 11.1 Å². The largest absolute Gasteiger partial charge is 0.497 e. The molecule has 3 rings (SSSR count). The van der Waals surface area contributed by atoms with E-state index in [1.165, 1.54) is 0 Å². The number of carbonyl (C=O) groups is 1. The SMILES string of the molecule is COc1ccc(N/C=C2\C(=O)NCc3ccc(Br)cc32)cc1. The first-order valence-corrected chi connectivity index (χ1v) is 7.64. The van der Waals surface area contributed by atoms with Gasteiger partial charge < -0.3 is 15.4 Å². The molecule has 2 aromatic rings. The molecule has 0 atom stereocenters. The van der Waals surface area contributed by atoms with Crippen LogP contribution in [0.4, 0.5) is 5.69 Å². The van der Waals surface area contributed by atoms with Crippen LogP contribution in [0, 0.1) is 0 Å². The molecule has 1 aliphatic heterocycles. The zero-order valence-electron chi connectivity index (χ0n) is 12.0. The van der Waals surface area contributed by atoms with Crippen molar-refractivity contribution >= 4 is 33.1 Å². The second-order valence-electron chi connectivity index (χ2n) is 4.91. The van der Waals surface area contributed by atoms with Gasteiger partial charge in [-0.3, -0.25) is 4.79 Å². The third kappa shape index (κ3) is 2.99. The lowest BCUT2D eigenvalue weighted by Crippen LogP contribution is -2.29. The van der Waals surface area contributed by atoms with Crippen molar-refractivity contribution in [2.75, 3.05) is 12.4 Å². The third-order valence-corrected chi connectivity index (χ3v) is 4.01. The van der Waals surface area contributed by atoms with Gasteiger partial charge in [0.25, 0.3) is 5.91 Å². The number of rotatable bonds is 3. The topological polar surface area (TPSA) is 50.4 Å². The summed E-state index contributed by atoms with van der Waals surface area (Å²) in [5.74, 6) is 0.717. The minimum atomic E-state index is -0.0772. The van der Waals surface area contributed by atoms with Gasteiger partial charge >= 0.3 is 0 Å². The molecule has 0 spiro atoms. The normalized spacial score (nSPS) is 15.2. The predicted octanol–water partition coefficient (Wildman–Crippen LogP) is 3.54. The molecule has 1 heterocycles. The third-order valence-electron chi connectivity index (χ3n) is 3.52. The molecule has 0 radical (unpaired) electrons. The Kier molecular flexibility index (Phi) is 4.15. The Bertz CT molecular complexity index is 739. The van der Waals surface area contributed by atoms with Crippen molar-refractivity contribution in [1.29, 1.82) is 0 Å². The van der Waals surface area contributed by atoms with Crippen LogP contribution in [0.25, 0.3) is 5.57 Å². The molecule has 0 saturated heterocycles. The fraction of sp³-hybridized carbons (Fsp3) is 0.118. The van der Waals surface area contributed by atoms with Gasteiger partial charge in [0.2, 0.25) is 0 Å². The van der Waals surface area contributed by atoms with E-state index in [1.807, 2.05) is 42.5 Å². The highest BCUT2D eigenvalue weighted by Gasteiger charge is 2.21. The average molecular weight is 359 g/mol. The first-order chi connectivity index (χ1) is 10.7. The number of amides is 1. The predicted molar refractivity (Wildman–Crippen MR) is 90.6 cm³/mol. The van der Waals surface area contributed by atoms with E-state index in [0.717, 1.165) is 27.0 Å². The van der Waals surface area contributed by atoms with Crippen LogP contribution in [-0.2, 0) is 11.3 Å². The van der Waals surface area contributed by atoms with Crippen molar-refractivity contribution in [1.82, 2.24) is 5.32 Å². The van der Waals surface area contributed by atoms with Crippen molar-refractivity contribution in [3.8, 4) is 5.75 Å². The summed E-state index contributed by atoms with van der Waals surface area (Å²) in [7, 11) is 1.63. The molecule has 0 aliphatic carbocycles. The second-order valence-corrected chi connectivity index (χ2v) is 5.83. The van der Waals surface area contributed by atoms with Gasteiger partial charge in [0.05, 0.1) is 12.7 Å². The van der Waals surface area contributed by atoms with Crippen LogP contribution in [0.5, 0.6) is 5.75 Å². The Balaban J connectivity index is 1.89. The van der Waals surface area contributed by atoms with Gasteiger partial charge in [0.15, 0.2) is 0 Å². The number of hydrogen-bond donors (Lipinski definition) is 2. The van der Waals surface area contributed by atoms with Gasteiger partial charge in [-0.2, -0.15) is 0 Å². The molecule has 1 aliphatic rings. The molecule has 0 saturated carbocycles. The van der Waals surface area contributed by atoms with Crippen LogP contribution in [0.2, 0.25) is 0 Å². The molecule has 2 N–H and O–H groups in total. The van der Waals surface area contributed by atoms with E-state index in [9.17, 15) is 4.79 Å². The number of nitrogens with one attached hydrogen (secondary N) is 2. The summed E-state index contributed by atoms with van der Waals surface area (Å²) in [6, 6.07) is 13.5. The number of methoxy groups -OCH3 is 1. The number of carbonyl (C=O) groups excluding carboxylic acids is 1. The minimum absolute atomic E-state index is 0.0772. The van der Waals surface area contributed by atoms with Crippen molar-refractivity contribution in [3.05, 3.63) is 64.3 Å². The molecule has 112 valence electrons. The first kappa shape index (κ1) is 14.7.